The lowest BCUT2D eigenvalue weighted by Gasteiger charge is -2.02. The number of carbonyl (C=O) groups excluding carboxylic acids is 1. The van der Waals surface area contributed by atoms with Crippen LogP contribution in [0.15, 0.2) is 24.3 Å². The number of benzene rings is 1. The molecule has 0 radical (unpaired) electrons. The second kappa shape index (κ2) is 4.32. The van der Waals surface area contributed by atoms with E-state index in [0.717, 1.165) is 5.56 Å². The van der Waals surface area contributed by atoms with Crippen molar-refractivity contribution in [3.05, 3.63) is 29.8 Å². The molecule has 13 heavy (non-hydrogen) atoms. The Labute approximate surface area is 75.1 Å². The predicted molar refractivity (Wildman–Crippen MR) is 46.0 cm³/mol. The standard InChI is InChI=1S/C8H10N2O3/c9-7-3-1-6(2-4-7)5-13-8(11)10-12/h1-4,12H,5,9H2,(H,10,11). The molecular formula is C8H10N2O3. The normalized spacial score (nSPS) is 9.31. The van der Waals surface area contributed by atoms with Crippen LogP contribution in [0.25, 0.3) is 0 Å². The fourth-order valence-electron chi connectivity index (χ4n) is 0.795. The molecule has 0 saturated carbocycles. The third-order valence-electron chi connectivity index (χ3n) is 1.44. The first-order chi connectivity index (χ1) is 6.22. The topological polar surface area (TPSA) is 84.6 Å². The zero-order valence-electron chi connectivity index (χ0n) is 6.86. The molecule has 70 valence electrons. The molecule has 0 fully saturated rings. The van der Waals surface area contributed by atoms with Crippen LogP contribution in [0.3, 0.4) is 0 Å². The van der Waals surface area contributed by atoms with Gasteiger partial charge in [0.15, 0.2) is 0 Å². The summed E-state index contributed by atoms with van der Waals surface area (Å²) < 4.78 is 4.58. The monoisotopic (exact) mass is 182 g/mol. The second-order valence-corrected chi connectivity index (χ2v) is 2.43. The Bertz CT molecular complexity index is 284. The maximum absolute atomic E-state index is 10.4. The first kappa shape index (κ1) is 9.34. The van der Waals surface area contributed by atoms with E-state index in [2.05, 4.69) is 4.74 Å². The van der Waals surface area contributed by atoms with E-state index in [4.69, 9.17) is 10.9 Å². The fraction of sp³-hybridized carbons (Fsp3) is 0.125. The summed E-state index contributed by atoms with van der Waals surface area (Å²) in [5.74, 6) is 0. The Kier molecular flexibility index (Phi) is 3.10. The zero-order valence-corrected chi connectivity index (χ0v) is 6.86. The van der Waals surface area contributed by atoms with Crippen molar-refractivity contribution in [2.75, 3.05) is 5.73 Å². The van der Waals surface area contributed by atoms with Gasteiger partial charge in [-0.15, -0.1) is 0 Å². The highest BCUT2D eigenvalue weighted by molar-refractivity contribution is 5.65. The summed E-state index contributed by atoms with van der Waals surface area (Å²) in [7, 11) is 0. The van der Waals surface area contributed by atoms with Crippen molar-refractivity contribution in [3.63, 3.8) is 0 Å². The molecule has 0 spiro atoms. The number of ether oxygens (including phenoxy) is 1. The summed E-state index contributed by atoms with van der Waals surface area (Å²) >= 11 is 0. The zero-order chi connectivity index (χ0) is 9.68. The maximum Gasteiger partial charge on any atom is 0.431 e. The van der Waals surface area contributed by atoms with Crippen molar-refractivity contribution >= 4 is 11.8 Å². The first-order valence-corrected chi connectivity index (χ1v) is 3.63. The highest BCUT2D eigenvalue weighted by Crippen LogP contribution is 2.06. The Hall–Kier alpha value is -1.75. The van der Waals surface area contributed by atoms with Crippen LogP contribution < -0.4 is 11.2 Å². The minimum Gasteiger partial charge on any atom is -0.443 e. The van der Waals surface area contributed by atoms with Crippen LogP contribution in [-0.2, 0) is 11.3 Å². The van der Waals surface area contributed by atoms with Crippen molar-refractivity contribution in [1.29, 1.82) is 0 Å². The van der Waals surface area contributed by atoms with Gasteiger partial charge in [-0.3, -0.25) is 5.21 Å². The van der Waals surface area contributed by atoms with E-state index in [9.17, 15) is 4.79 Å². The summed E-state index contributed by atoms with van der Waals surface area (Å²) in [6, 6.07) is 6.88. The van der Waals surface area contributed by atoms with E-state index in [0.29, 0.717) is 5.69 Å². The summed E-state index contributed by atoms with van der Waals surface area (Å²) in [6.07, 6.45) is -0.878. The van der Waals surface area contributed by atoms with E-state index in [1.807, 2.05) is 0 Å². The number of hydrogen-bond donors (Lipinski definition) is 3. The summed E-state index contributed by atoms with van der Waals surface area (Å²) in [4.78, 5) is 10.4. The largest absolute Gasteiger partial charge is 0.443 e. The summed E-state index contributed by atoms with van der Waals surface area (Å²) in [6.45, 7) is 0.104. The molecule has 0 heterocycles. The molecule has 0 saturated heterocycles. The van der Waals surface area contributed by atoms with E-state index in [-0.39, 0.29) is 6.61 Å². The molecule has 1 amide bonds. The maximum atomic E-state index is 10.4. The van der Waals surface area contributed by atoms with Gasteiger partial charge in [0, 0.05) is 5.69 Å². The van der Waals surface area contributed by atoms with Crippen LogP contribution in [0.5, 0.6) is 0 Å². The van der Waals surface area contributed by atoms with E-state index in [1.54, 1.807) is 24.3 Å². The highest BCUT2D eigenvalue weighted by atomic mass is 16.6. The van der Waals surface area contributed by atoms with Crippen LogP contribution in [-0.4, -0.2) is 11.3 Å². The molecule has 4 N–H and O–H groups in total. The number of amides is 1. The molecular weight excluding hydrogens is 172 g/mol. The number of nitrogens with one attached hydrogen (secondary N) is 1. The van der Waals surface area contributed by atoms with E-state index >= 15 is 0 Å². The number of carbonyl (C=O) groups is 1. The van der Waals surface area contributed by atoms with Gasteiger partial charge < -0.3 is 10.5 Å². The first-order valence-electron chi connectivity index (χ1n) is 3.63. The van der Waals surface area contributed by atoms with Crippen molar-refractivity contribution in [3.8, 4) is 0 Å². The van der Waals surface area contributed by atoms with Gasteiger partial charge >= 0.3 is 6.09 Å². The molecule has 0 aromatic heterocycles. The lowest BCUT2D eigenvalue weighted by atomic mass is 10.2. The molecule has 5 nitrogen and oxygen atoms in total. The highest BCUT2D eigenvalue weighted by Gasteiger charge is 1.99. The van der Waals surface area contributed by atoms with Crippen LogP contribution in [0.2, 0.25) is 0 Å². The molecule has 1 aromatic carbocycles. The SMILES string of the molecule is Nc1ccc(COC(=O)NO)cc1. The van der Waals surface area contributed by atoms with Gasteiger partial charge in [-0.2, -0.15) is 0 Å². The van der Waals surface area contributed by atoms with Crippen LogP contribution >= 0.6 is 0 Å². The predicted octanol–water partition coefficient (Wildman–Crippen LogP) is 0.884. The van der Waals surface area contributed by atoms with Gasteiger partial charge in [0.1, 0.15) is 6.61 Å². The molecule has 0 aliphatic rings. The van der Waals surface area contributed by atoms with E-state index < -0.39 is 6.09 Å². The number of nitrogen functional groups attached to an aromatic ring is 1. The van der Waals surface area contributed by atoms with Crippen molar-refractivity contribution in [2.45, 2.75) is 6.61 Å². The van der Waals surface area contributed by atoms with Crippen molar-refractivity contribution in [2.24, 2.45) is 0 Å². The molecule has 0 unspecified atom stereocenters. The Morgan fingerprint density at radius 1 is 1.46 bits per heavy atom. The minimum atomic E-state index is -0.878. The Morgan fingerprint density at radius 3 is 2.62 bits per heavy atom. The number of hydrogen-bond acceptors (Lipinski definition) is 4. The van der Waals surface area contributed by atoms with Crippen molar-refractivity contribution < 1.29 is 14.7 Å². The molecule has 1 rings (SSSR count). The molecule has 0 aliphatic heterocycles. The average molecular weight is 182 g/mol. The van der Waals surface area contributed by atoms with Crippen LogP contribution in [0.4, 0.5) is 10.5 Å². The summed E-state index contributed by atoms with van der Waals surface area (Å²) in [5, 5.41) is 8.11. The van der Waals surface area contributed by atoms with Crippen LogP contribution in [0, 0.1) is 0 Å². The molecule has 1 aromatic rings. The minimum absolute atomic E-state index is 0.104. The summed E-state index contributed by atoms with van der Waals surface area (Å²) in [5.41, 5.74) is 8.26. The van der Waals surface area contributed by atoms with Crippen LogP contribution in [0.1, 0.15) is 5.56 Å². The van der Waals surface area contributed by atoms with Crippen molar-refractivity contribution in [1.82, 2.24) is 5.48 Å². The third kappa shape index (κ3) is 3.00. The molecule has 0 atom stereocenters. The lowest BCUT2D eigenvalue weighted by Crippen LogP contribution is -2.19. The quantitative estimate of drug-likeness (QED) is 0.360. The number of hydroxylamine groups is 1. The second-order valence-electron chi connectivity index (χ2n) is 2.43. The number of anilines is 1. The smallest absolute Gasteiger partial charge is 0.431 e. The molecule has 5 heteroatoms. The lowest BCUT2D eigenvalue weighted by molar-refractivity contribution is 0.0842. The average Bonchev–Trinajstić information content (AvgIpc) is 2.16. The molecule has 0 bridgehead atoms. The van der Waals surface area contributed by atoms with Gasteiger partial charge in [0.05, 0.1) is 0 Å². The Balaban J connectivity index is 2.46. The van der Waals surface area contributed by atoms with Gasteiger partial charge in [0.2, 0.25) is 0 Å². The van der Waals surface area contributed by atoms with Gasteiger partial charge in [-0.1, -0.05) is 12.1 Å². The van der Waals surface area contributed by atoms with Gasteiger partial charge in [0.25, 0.3) is 0 Å². The fourth-order valence-corrected chi connectivity index (χ4v) is 0.795. The van der Waals surface area contributed by atoms with Gasteiger partial charge in [-0.05, 0) is 17.7 Å². The Morgan fingerprint density at radius 2 is 2.08 bits per heavy atom. The number of nitrogens with two attached hydrogens (primary N) is 1. The van der Waals surface area contributed by atoms with Gasteiger partial charge in [-0.25, -0.2) is 10.3 Å². The molecule has 0 aliphatic carbocycles. The third-order valence-corrected chi connectivity index (χ3v) is 1.44. The van der Waals surface area contributed by atoms with E-state index in [1.165, 1.54) is 5.48 Å². The number of rotatable bonds is 2.